The standard InChI is InChI=1S/C17H23BrN2O4/c1-17(2,3)24-16(22)19-12-7-8-20(10-12)14-6-5-11(18)9-13(14)15(21)23-4/h5-6,9,12H,7-8,10H2,1-4H3,(H,19,22)/t12-/m1/s1. The summed E-state index contributed by atoms with van der Waals surface area (Å²) in [5.74, 6) is -0.380. The van der Waals surface area contributed by atoms with Gasteiger partial charge < -0.3 is 19.7 Å². The van der Waals surface area contributed by atoms with Gasteiger partial charge in [0.1, 0.15) is 5.60 Å². The second-order valence-corrected chi connectivity index (χ2v) is 7.65. The van der Waals surface area contributed by atoms with E-state index in [4.69, 9.17) is 9.47 Å². The molecule has 0 aliphatic carbocycles. The normalized spacial score (nSPS) is 17.5. The number of nitrogens with zero attached hydrogens (tertiary/aromatic N) is 1. The van der Waals surface area contributed by atoms with Crippen LogP contribution < -0.4 is 10.2 Å². The fourth-order valence-electron chi connectivity index (χ4n) is 2.63. The number of nitrogens with one attached hydrogen (secondary N) is 1. The van der Waals surface area contributed by atoms with Crippen LogP contribution in [0.15, 0.2) is 22.7 Å². The second-order valence-electron chi connectivity index (χ2n) is 6.73. The fraction of sp³-hybridized carbons (Fsp3) is 0.529. The van der Waals surface area contributed by atoms with E-state index in [2.05, 4.69) is 26.1 Å². The summed E-state index contributed by atoms with van der Waals surface area (Å²) in [7, 11) is 1.36. The molecule has 0 radical (unpaired) electrons. The van der Waals surface area contributed by atoms with Crippen LogP contribution in [0.25, 0.3) is 0 Å². The lowest BCUT2D eigenvalue weighted by molar-refractivity contribution is 0.0507. The zero-order valence-corrected chi connectivity index (χ0v) is 16.0. The van der Waals surface area contributed by atoms with Crippen LogP contribution in [-0.2, 0) is 9.47 Å². The third-order valence-corrected chi connectivity index (χ3v) is 4.11. The van der Waals surface area contributed by atoms with Gasteiger partial charge in [-0.1, -0.05) is 15.9 Å². The van der Waals surface area contributed by atoms with E-state index in [0.29, 0.717) is 12.1 Å². The molecule has 0 spiro atoms. The smallest absolute Gasteiger partial charge is 0.407 e. The average molecular weight is 399 g/mol. The average Bonchev–Trinajstić information content (AvgIpc) is 2.92. The van der Waals surface area contributed by atoms with Gasteiger partial charge >= 0.3 is 12.1 Å². The van der Waals surface area contributed by atoms with Crippen LogP contribution >= 0.6 is 15.9 Å². The number of benzene rings is 1. The number of alkyl carbamates (subject to hydrolysis) is 1. The highest BCUT2D eigenvalue weighted by atomic mass is 79.9. The first kappa shape index (κ1) is 18.6. The predicted molar refractivity (Wildman–Crippen MR) is 95.5 cm³/mol. The molecule has 1 aliphatic rings. The van der Waals surface area contributed by atoms with Gasteiger partial charge in [-0.05, 0) is 45.4 Å². The third kappa shape index (κ3) is 4.87. The minimum absolute atomic E-state index is 0.0195. The van der Waals surface area contributed by atoms with Crippen LogP contribution in [0.3, 0.4) is 0 Å². The Hall–Kier alpha value is -1.76. The van der Waals surface area contributed by atoms with E-state index in [1.165, 1.54) is 7.11 Å². The first-order chi connectivity index (χ1) is 11.2. The Labute approximate surface area is 150 Å². The summed E-state index contributed by atoms with van der Waals surface area (Å²) in [4.78, 5) is 26.0. The number of carbonyl (C=O) groups excluding carboxylic acids is 2. The summed E-state index contributed by atoms with van der Waals surface area (Å²) in [5.41, 5.74) is 0.787. The van der Waals surface area contributed by atoms with Crippen molar-refractivity contribution in [3.05, 3.63) is 28.2 Å². The first-order valence-corrected chi connectivity index (χ1v) is 8.61. The summed E-state index contributed by atoms with van der Waals surface area (Å²) in [6.07, 6.45) is 0.369. The highest BCUT2D eigenvalue weighted by Crippen LogP contribution is 2.28. The number of hydrogen-bond donors (Lipinski definition) is 1. The molecule has 1 atom stereocenters. The topological polar surface area (TPSA) is 67.9 Å². The van der Waals surface area contributed by atoms with Gasteiger partial charge in [0.25, 0.3) is 0 Å². The molecule has 6 nitrogen and oxygen atoms in total. The maximum absolute atomic E-state index is 12.0. The monoisotopic (exact) mass is 398 g/mol. The lowest BCUT2D eigenvalue weighted by Gasteiger charge is -2.23. The van der Waals surface area contributed by atoms with Crippen molar-refractivity contribution in [1.82, 2.24) is 5.32 Å². The molecule has 132 valence electrons. The van der Waals surface area contributed by atoms with Crippen LogP contribution in [0, 0.1) is 0 Å². The molecule has 24 heavy (non-hydrogen) atoms. The van der Waals surface area contributed by atoms with Gasteiger partial charge in [0.05, 0.1) is 24.4 Å². The van der Waals surface area contributed by atoms with E-state index in [-0.39, 0.29) is 12.0 Å². The summed E-state index contributed by atoms with van der Waals surface area (Å²) >= 11 is 3.38. The van der Waals surface area contributed by atoms with E-state index >= 15 is 0 Å². The van der Waals surface area contributed by atoms with Gasteiger partial charge in [-0.15, -0.1) is 0 Å². The SMILES string of the molecule is COC(=O)c1cc(Br)ccc1N1CC[C@@H](NC(=O)OC(C)(C)C)C1. The third-order valence-electron chi connectivity index (χ3n) is 3.61. The summed E-state index contributed by atoms with van der Waals surface area (Å²) in [5, 5.41) is 2.88. The molecular formula is C17H23BrN2O4. The molecule has 7 heteroatoms. The van der Waals surface area contributed by atoms with Gasteiger partial charge in [-0.2, -0.15) is 0 Å². The number of rotatable bonds is 3. The summed E-state index contributed by atoms with van der Waals surface area (Å²) < 4.78 is 11.0. The Morgan fingerprint density at radius 3 is 2.67 bits per heavy atom. The predicted octanol–water partition coefficient (Wildman–Crippen LogP) is 3.34. The number of halogens is 1. The van der Waals surface area contributed by atoms with E-state index in [1.54, 1.807) is 6.07 Å². The lowest BCUT2D eigenvalue weighted by Crippen LogP contribution is -2.40. The fourth-order valence-corrected chi connectivity index (χ4v) is 2.99. The highest BCUT2D eigenvalue weighted by molar-refractivity contribution is 9.10. The van der Waals surface area contributed by atoms with Crippen LogP contribution in [0.1, 0.15) is 37.6 Å². The second kappa shape index (κ2) is 7.42. The van der Waals surface area contributed by atoms with E-state index in [9.17, 15) is 9.59 Å². The molecule has 0 bridgehead atoms. The highest BCUT2D eigenvalue weighted by Gasteiger charge is 2.28. The van der Waals surface area contributed by atoms with Crippen LogP contribution in [0.5, 0.6) is 0 Å². The minimum Gasteiger partial charge on any atom is -0.465 e. The largest absolute Gasteiger partial charge is 0.465 e. The Balaban J connectivity index is 2.06. The molecule has 2 rings (SSSR count). The van der Waals surface area contributed by atoms with Gasteiger partial charge in [0.15, 0.2) is 0 Å². The van der Waals surface area contributed by atoms with Gasteiger partial charge in [0, 0.05) is 17.6 Å². The number of ether oxygens (including phenoxy) is 2. The van der Waals surface area contributed by atoms with Crippen molar-refractivity contribution in [1.29, 1.82) is 0 Å². The quantitative estimate of drug-likeness (QED) is 0.790. The molecule has 1 saturated heterocycles. The van der Waals surface area contributed by atoms with Gasteiger partial charge in [-0.3, -0.25) is 0 Å². The number of amides is 1. The van der Waals surface area contributed by atoms with E-state index in [1.807, 2.05) is 32.9 Å². The van der Waals surface area contributed by atoms with Crippen LogP contribution in [0.4, 0.5) is 10.5 Å². The number of esters is 1. The van der Waals surface area contributed by atoms with Crippen molar-refractivity contribution in [2.24, 2.45) is 0 Å². The zero-order valence-electron chi connectivity index (χ0n) is 14.4. The molecule has 0 aromatic heterocycles. The maximum atomic E-state index is 12.0. The van der Waals surface area contributed by atoms with Crippen molar-refractivity contribution in [2.45, 2.75) is 38.8 Å². The molecular weight excluding hydrogens is 376 g/mol. The van der Waals surface area contributed by atoms with Crippen LogP contribution in [0.2, 0.25) is 0 Å². The maximum Gasteiger partial charge on any atom is 0.407 e. The Morgan fingerprint density at radius 1 is 1.33 bits per heavy atom. The Kier molecular flexibility index (Phi) is 5.74. The van der Waals surface area contributed by atoms with Crippen molar-refractivity contribution in [3.8, 4) is 0 Å². The van der Waals surface area contributed by atoms with E-state index in [0.717, 1.165) is 23.1 Å². The molecule has 1 aliphatic heterocycles. The first-order valence-electron chi connectivity index (χ1n) is 7.82. The molecule has 0 saturated carbocycles. The lowest BCUT2D eigenvalue weighted by atomic mass is 10.1. The molecule has 1 amide bonds. The van der Waals surface area contributed by atoms with Crippen molar-refractivity contribution in [3.63, 3.8) is 0 Å². The molecule has 1 aromatic rings. The van der Waals surface area contributed by atoms with Crippen molar-refractivity contribution < 1.29 is 19.1 Å². The zero-order chi connectivity index (χ0) is 17.9. The molecule has 1 fully saturated rings. The van der Waals surface area contributed by atoms with Crippen molar-refractivity contribution in [2.75, 3.05) is 25.1 Å². The molecule has 1 N–H and O–H groups in total. The number of carbonyl (C=O) groups is 2. The summed E-state index contributed by atoms with van der Waals surface area (Å²) in [6.45, 7) is 6.85. The minimum atomic E-state index is -0.522. The van der Waals surface area contributed by atoms with E-state index < -0.39 is 11.7 Å². The van der Waals surface area contributed by atoms with Gasteiger partial charge in [-0.25, -0.2) is 9.59 Å². The Bertz CT molecular complexity index is 628. The van der Waals surface area contributed by atoms with Crippen LogP contribution in [-0.4, -0.2) is 43.9 Å². The number of anilines is 1. The Morgan fingerprint density at radius 2 is 2.04 bits per heavy atom. The number of hydrogen-bond acceptors (Lipinski definition) is 5. The van der Waals surface area contributed by atoms with Gasteiger partial charge in [0.2, 0.25) is 0 Å². The number of methoxy groups -OCH3 is 1. The summed E-state index contributed by atoms with van der Waals surface area (Å²) in [6, 6.07) is 5.49. The molecule has 1 heterocycles. The van der Waals surface area contributed by atoms with Crippen molar-refractivity contribution >= 4 is 33.7 Å². The molecule has 0 unspecified atom stereocenters. The molecule has 1 aromatic carbocycles.